The summed E-state index contributed by atoms with van der Waals surface area (Å²) in [6.45, 7) is 5.11. The highest BCUT2D eigenvalue weighted by Crippen LogP contribution is 1.88. The van der Waals surface area contributed by atoms with Crippen LogP contribution in [-0.4, -0.2) is 18.6 Å². The number of rotatable bonds is 3. The summed E-state index contributed by atoms with van der Waals surface area (Å²) in [7, 11) is 0. The molecule has 0 saturated heterocycles. The van der Waals surface area contributed by atoms with Crippen molar-refractivity contribution in [1.82, 2.24) is 5.32 Å². The van der Waals surface area contributed by atoms with Crippen LogP contribution < -0.4 is 11.1 Å². The van der Waals surface area contributed by atoms with E-state index in [4.69, 9.17) is 5.73 Å². The minimum Gasteiger partial charge on any atom is -0.461 e. The number of nitrogens with one attached hydrogen (secondary N) is 1. The molecule has 0 aromatic heterocycles. The van der Waals surface area contributed by atoms with Gasteiger partial charge in [0.25, 0.3) is 0 Å². The molecule has 0 rings (SSSR count). The molecule has 5 nitrogen and oxygen atoms in total. The van der Waals surface area contributed by atoms with Gasteiger partial charge in [-0.25, -0.2) is 9.59 Å². The highest BCUT2D eigenvalue weighted by atomic mass is 16.5. The zero-order valence-corrected chi connectivity index (χ0v) is 6.22. The lowest BCUT2D eigenvalue weighted by molar-refractivity contribution is -0.138. The third-order valence-corrected chi connectivity index (χ3v) is 0.796. The molecule has 0 unspecified atom stereocenters. The molecular weight excluding hydrogens is 148 g/mol. The molecule has 0 aliphatic carbocycles. The topological polar surface area (TPSA) is 81.4 Å². The summed E-state index contributed by atoms with van der Waals surface area (Å²) in [6, 6.07) is -0.831. The third kappa shape index (κ3) is 3.96. The number of carbonyl (C=O) groups excluding carboxylic acids is 2. The fourth-order valence-electron chi connectivity index (χ4n) is 0.418. The Labute approximate surface area is 64.2 Å². The summed E-state index contributed by atoms with van der Waals surface area (Å²) >= 11 is 0. The fraction of sp³-hybridized carbons (Fsp3) is 0.333. The van der Waals surface area contributed by atoms with Crippen molar-refractivity contribution in [2.75, 3.05) is 6.61 Å². The van der Waals surface area contributed by atoms with Crippen molar-refractivity contribution in [1.29, 1.82) is 0 Å². The van der Waals surface area contributed by atoms with Crippen LogP contribution in [0.25, 0.3) is 0 Å². The van der Waals surface area contributed by atoms with Crippen LogP contribution in [0.3, 0.4) is 0 Å². The molecular formula is C6H10N2O3. The van der Waals surface area contributed by atoms with E-state index in [1.165, 1.54) is 0 Å². The van der Waals surface area contributed by atoms with Crippen molar-refractivity contribution in [2.24, 2.45) is 5.73 Å². The molecule has 0 spiro atoms. The minimum atomic E-state index is -0.831. The molecule has 0 saturated carbocycles. The number of primary amides is 1. The Kier molecular flexibility index (Phi) is 3.72. The quantitative estimate of drug-likeness (QED) is 0.438. The summed E-state index contributed by atoms with van der Waals surface area (Å²) in [4.78, 5) is 20.8. The summed E-state index contributed by atoms with van der Waals surface area (Å²) < 4.78 is 4.50. The highest BCUT2D eigenvalue weighted by Gasteiger charge is 2.07. The van der Waals surface area contributed by atoms with Crippen molar-refractivity contribution in [3.8, 4) is 0 Å². The first-order valence-corrected chi connectivity index (χ1v) is 3.00. The van der Waals surface area contributed by atoms with Crippen LogP contribution in [-0.2, 0) is 9.53 Å². The van der Waals surface area contributed by atoms with Crippen LogP contribution in [0.15, 0.2) is 12.3 Å². The minimum absolute atomic E-state index is 0.153. The van der Waals surface area contributed by atoms with E-state index < -0.39 is 12.0 Å². The second kappa shape index (κ2) is 4.32. The number of carbonyl (C=O) groups is 2. The molecule has 0 fully saturated rings. The molecule has 0 aromatic carbocycles. The van der Waals surface area contributed by atoms with Crippen molar-refractivity contribution in [3.05, 3.63) is 12.3 Å². The van der Waals surface area contributed by atoms with Gasteiger partial charge in [0.15, 0.2) is 0 Å². The SMILES string of the molecule is C=C(NC(N)=O)C(=O)OCC. The third-order valence-electron chi connectivity index (χ3n) is 0.796. The summed E-state index contributed by atoms with van der Waals surface area (Å²) in [5, 5.41) is 2.00. The van der Waals surface area contributed by atoms with E-state index in [1.54, 1.807) is 6.92 Å². The first-order valence-electron chi connectivity index (χ1n) is 3.00. The first kappa shape index (κ1) is 9.48. The molecule has 0 bridgehead atoms. The molecule has 0 atom stereocenters. The molecule has 0 radical (unpaired) electrons. The Hall–Kier alpha value is -1.52. The lowest BCUT2D eigenvalue weighted by Crippen LogP contribution is -2.32. The largest absolute Gasteiger partial charge is 0.461 e. The Bertz CT molecular complexity index is 188. The van der Waals surface area contributed by atoms with Crippen molar-refractivity contribution in [2.45, 2.75) is 6.92 Å². The number of ether oxygens (including phenoxy) is 1. The maximum absolute atomic E-state index is 10.7. The van der Waals surface area contributed by atoms with Gasteiger partial charge in [-0.3, -0.25) is 0 Å². The summed E-state index contributed by atoms with van der Waals surface area (Å²) in [5.41, 5.74) is 4.56. The van der Waals surface area contributed by atoms with Crippen molar-refractivity contribution < 1.29 is 14.3 Å². The summed E-state index contributed by atoms with van der Waals surface area (Å²) in [6.07, 6.45) is 0. The van der Waals surface area contributed by atoms with Crippen LogP contribution in [0.1, 0.15) is 6.92 Å². The molecule has 0 aromatic rings. The summed E-state index contributed by atoms with van der Waals surface area (Å²) in [5.74, 6) is -0.675. The van der Waals surface area contributed by atoms with E-state index in [-0.39, 0.29) is 12.3 Å². The molecule has 11 heavy (non-hydrogen) atoms. The predicted molar refractivity (Wildman–Crippen MR) is 38.5 cm³/mol. The van der Waals surface area contributed by atoms with Gasteiger partial charge >= 0.3 is 12.0 Å². The normalized spacial score (nSPS) is 8.45. The Morgan fingerprint density at radius 2 is 2.18 bits per heavy atom. The van der Waals surface area contributed by atoms with E-state index in [0.29, 0.717) is 0 Å². The van der Waals surface area contributed by atoms with E-state index in [1.807, 2.05) is 5.32 Å². The van der Waals surface area contributed by atoms with E-state index in [9.17, 15) is 9.59 Å². The van der Waals surface area contributed by atoms with Gasteiger partial charge in [-0.05, 0) is 6.92 Å². The Morgan fingerprint density at radius 3 is 2.55 bits per heavy atom. The van der Waals surface area contributed by atoms with Gasteiger partial charge in [-0.1, -0.05) is 6.58 Å². The molecule has 0 aliphatic heterocycles. The predicted octanol–water partition coefficient (Wildman–Crippen LogP) is -0.269. The zero-order valence-electron chi connectivity index (χ0n) is 6.22. The van der Waals surface area contributed by atoms with Gasteiger partial charge in [0.05, 0.1) is 6.61 Å². The van der Waals surface area contributed by atoms with E-state index in [0.717, 1.165) is 0 Å². The van der Waals surface area contributed by atoms with E-state index >= 15 is 0 Å². The average Bonchev–Trinajstić information content (AvgIpc) is 1.86. The van der Waals surface area contributed by atoms with Gasteiger partial charge in [0.2, 0.25) is 0 Å². The average molecular weight is 158 g/mol. The second-order valence-electron chi connectivity index (χ2n) is 1.69. The van der Waals surface area contributed by atoms with Gasteiger partial charge in [0, 0.05) is 0 Å². The van der Waals surface area contributed by atoms with Crippen molar-refractivity contribution in [3.63, 3.8) is 0 Å². The molecule has 3 N–H and O–H groups in total. The number of amides is 2. The van der Waals surface area contributed by atoms with Crippen LogP contribution in [0, 0.1) is 0 Å². The van der Waals surface area contributed by atoms with Crippen LogP contribution in [0.4, 0.5) is 4.79 Å². The monoisotopic (exact) mass is 158 g/mol. The van der Waals surface area contributed by atoms with Gasteiger partial charge < -0.3 is 15.8 Å². The lowest BCUT2D eigenvalue weighted by atomic mass is 10.5. The number of hydrogen-bond acceptors (Lipinski definition) is 3. The van der Waals surface area contributed by atoms with Crippen LogP contribution in [0.5, 0.6) is 0 Å². The molecule has 2 amide bonds. The van der Waals surface area contributed by atoms with Gasteiger partial charge in [-0.15, -0.1) is 0 Å². The van der Waals surface area contributed by atoms with Crippen molar-refractivity contribution >= 4 is 12.0 Å². The number of hydrogen-bond donors (Lipinski definition) is 2. The number of nitrogens with two attached hydrogens (primary N) is 1. The smallest absolute Gasteiger partial charge is 0.354 e. The van der Waals surface area contributed by atoms with Gasteiger partial charge in [-0.2, -0.15) is 0 Å². The van der Waals surface area contributed by atoms with Crippen LogP contribution >= 0.6 is 0 Å². The maximum Gasteiger partial charge on any atom is 0.354 e. The number of esters is 1. The van der Waals surface area contributed by atoms with Gasteiger partial charge in [0.1, 0.15) is 5.70 Å². The Balaban J connectivity index is 3.83. The standard InChI is InChI=1S/C6H10N2O3/c1-3-11-5(9)4(2)8-6(7)10/h2-3H2,1H3,(H3,7,8,10). The molecule has 0 aliphatic rings. The maximum atomic E-state index is 10.7. The highest BCUT2D eigenvalue weighted by molar-refractivity contribution is 5.92. The zero-order chi connectivity index (χ0) is 8.85. The fourth-order valence-corrected chi connectivity index (χ4v) is 0.418. The second-order valence-corrected chi connectivity index (χ2v) is 1.69. The first-order chi connectivity index (χ1) is 5.07. The molecule has 0 heterocycles. The lowest BCUT2D eigenvalue weighted by Gasteiger charge is -2.03. The number of urea groups is 1. The Morgan fingerprint density at radius 1 is 1.64 bits per heavy atom. The van der Waals surface area contributed by atoms with Crippen LogP contribution in [0.2, 0.25) is 0 Å². The molecule has 62 valence electrons. The molecule has 5 heteroatoms. The van der Waals surface area contributed by atoms with E-state index in [2.05, 4.69) is 11.3 Å².